The smallest absolute Gasteiger partial charge is 0.179 e. The highest BCUT2D eigenvalue weighted by Gasteiger charge is 2.43. The van der Waals surface area contributed by atoms with Crippen LogP contribution in [-0.4, -0.2) is 26.1 Å². The molecule has 0 amide bonds. The summed E-state index contributed by atoms with van der Waals surface area (Å²) in [5.74, 6) is 1.85. The molecule has 0 aliphatic heterocycles. The Kier molecular flexibility index (Phi) is 13.8. The Morgan fingerprint density at radius 2 is 0.554 bits per heavy atom. The molecule has 12 rings (SSSR count). The van der Waals surface area contributed by atoms with Crippen molar-refractivity contribution in [3.8, 4) is 33.9 Å². The molecule has 2 fully saturated rings. The van der Waals surface area contributed by atoms with E-state index in [0.29, 0.717) is 11.8 Å². The molecule has 362 valence electrons. The Balaban J connectivity index is 1.12. The maximum absolute atomic E-state index is 5.88. The Morgan fingerprint density at radius 3 is 0.865 bits per heavy atom. The number of aromatic nitrogens is 2. The summed E-state index contributed by atoms with van der Waals surface area (Å²) in [4.78, 5) is 11.8. The first-order chi connectivity index (χ1) is 36.7. The highest BCUT2D eigenvalue weighted by atomic mass is 28.3. The number of benzene rings is 9. The summed E-state index contributed by atoms with van der Waals surface area (Å²) < 4.78 is 0. The topological polar surface area (TPSA) is 25.8 Å². The Hall–Kier alpha value is -7.51. The summed E-state index contributed by atoms with van der Waals surface area (Å²) in [6.07, 6.45) is 12.6. The molecule has 0 bridgehead atoms. The van der Waals surface area contributed by atoms with E-state index in [1.54, 1.807) is 0 Å². The van der Waals surface area contributed by atoms with Gasteiger partial charge in [-0.25, -0.2) is 9.97 Å². The number of rotatable bonds is 13. The van der Waals surface area contributed by atoms with E-state index in [2.05, 4.69) is 255 Å². The molecule has 4 heteroatoms. The van der Waals surface area contributed by atoms with Crippen molar-refractivity contribution in [2.75, 3.05) is 0 Å². The molecule has 0 radical (unpaired) electrons. The van der Waals surface area contributed by atoms with Crippen molar-refractivity contribution in [3.63, 3.8) is 0 Å². The minimum Gasteiger partial charge on any atom is -0.228 e. The van der Waals surface area contributed by atoms with Crippen LogP contribution < -0.4 is 41.5 Å². The second-order valence-electron chi connectivity index (χ2n) is 20.8. The minimum absolute atomic E-state index is 0.494. The molecule has 0 unspecified atom stereocenters. The summed E-state index contributed by atoms with van der Waals surface area (Å²) in [5, 5.41) is 10.8. The highest BCUT2D eigenvalue weighted by molar-refractivity contribution is 7.20. The van der Waals surface area contributed by atoms with Gasteiger partial charge in [-0.3, -0.25) is 0 Å². The fourth-order valence-electron chi connectivity index (χ4n) is 13.2. The van der Waals surface area contributed by atoms with Gasteiger partial charge in [-0.2, -0.15) is 0 Å². The van der Waals surface area contributed by atoms with Crippen LogP contribution in [0.1, 0.15) is 87.2 Å². The lowest BCUT2D eigenvalue weighted by atomic mass is 9.76. The van der Waals surface area contributed by atoms with Gasteiger partial charge in [0.2, 0.25) is 0 Å². The molecule has 0 spiro atoms. The number of nitrogens with zero attached hydrogens (tertiary/aromatic N) is 2. The summed E-state index contributed by atoms with van der Waals surface area (Å²) in [5.41, 5.74) is 8.33. The number of hydrogen-bond acceptors (Lipinski definition) is 2. The standard InChI is InChI=1S/C70H64N2Si2/c1-9-28-53(29-10-1)65-48-27-49-66(54-30-11-2-12-31-54)69(65)70-71-67(55-32-25-46-63(50-55)73(57-34-13-3-14-35-57,58-36-15-4-16-37-58)59-38-17-5-18-39-59)52-68(72-70)56-33-26-47-64(51-56)74(60-40-19-6-20-41-60,61-42-21-7-22-43-61)62-44-23-8-24-45-62/h3-8,13-27,32-54H,1-2,9-12,28-31H2. The van der Waals surface area contributed by atoms with Gasteiger partial charge in [0, 0.05) is 16.7 Å². The average Bonchev–Trinajstić information content (AvgIpc) is 3.50. The second kappa shape index (κ2) is 21.5. The molecule has 74 heavy (non-hydrogen) atoms. The largest absolute Gasteiger partial charge is 0.228 e. The lowest BCUT2D eigenvalue weighted by Crippen LogP contribution is -2.74. The maximum Gasteiger partial charge on any atom is 0.179 e. The molecule has 9 aromatic carbocycles. The molecule has 1 aromatic heterocycles. The first-order valence-corrected chi connectivity index (χ1v) is 31.3. The van der Waals surface area contributed by atoms with Crippen LogP contribution in [-0.2, 0) is 0 Å². The van der Waals surface area contributed by atoms with E-state index in [9.17, 15) is 0 Å². The van der Waals surface area contributed by atoms with E-state index >= 15 is 0 Å². The molecule has 2 nitrogen and oxygen atoms in total. The van der Waals surface area contributed by atoms with Crippen LogP contribution in [0.3, 0.4) is 0 Å². The lowest BCUT2D eigenvalue weighted by molar-refractivity contribution is 0.436. The summed E-state index contributed by atoms with van der Waals surface area (Å²) in [7, 11) is -5.69. The van der Waals surface area contributed by atoms with Gasteiger partial charge in [0.15, 0.2) is 22.0 Å². The van der Waals surface area contributed by atoms with Crippen molar-refractivity contribution in [2.24, 2.45) is 0 Å². The third-order valence-corrected chi connectivity index (χ3v) is 26.1. The fourth-order valence-corrected chi connectivity index (χ4v) is 22.8. The Bertz CT molecular complexity index is 3030. The molecule has 2 saturated carbocycles. The molecule has 10 aromatic rings. The SMILES string of the molecule is c1ccc([Si](c2ccccc2)(c2ccccc2)c2cccc(-c3cc(-c4cccc([Si](c5ccccc5)(c5ccccc5)c5ccccc5)c4)nc(-c4c(C5CCCCC5)cccc4C4CCCCC4)n3)c2)cc1. The van der Waals surface area contributed by atoms with Crippen molar-refractivity contribution in [1.29, 1.82) is 0 Å². The van der Waals surface area contributed by atoms with Gasteiger partial charge in [0.1, 0.15) is 0 Å². The van der Waals surface area contributed by atoms with E-state index in [1.165, 1.54) is 122 Å². The molecule has 0 N–H and O–H groups in total. The minimum atomic E-state index is -2.85. The Labute approximate surface area is 441 Å². The molecule has 2 aliphatic rings. The van der Waals surface area contributed by atoms with Crippen molar-refractivity contribution in [1.82, 2.24) is 9.97 Å². The first-order valence-electron chi connectivity index (χ1n) is 27.3. The van der Waals surface area contributed by atoms with Crippen molar-refractivity contribution in [2.45, 2.75) is 76.0 Å². The van der Waals surface area contributed by atoms with Crippen LogP contribution in [0.4, 0.5) is 0 Å². The quantitative estimate of drug-likeness (QED) is 0.0850. The van der Waals surface area contributed by atoms with Crippen molar-refractivity contribution in [3.05, 3.63) is 266 Å². The zero-order valence-electron chi connectivity index (χ0n) is 42.4. The lowest BCUT2D eigenvalue weighted by Gasteiger charge is -2.34. The third-order valence-electron chi connectivity index (χ3n) is 16.6. The summed E-state index contributed by atoms with van der Waals surface area (Å²) >= 11 is 0. The van der Waals surface area contributed by atoms with E-state index in [4.69, 9.17) is 9.97 Å². The van der Waals surface area contributed by atoms with E-state index < -0.39 is 16.1 Å². The van der Waals surface area contributed by atoms with E-state index in [-0.39, 0.29) is 0 Å². The average molecular weight is 989 g/mol. The first kappa shape index (κ1) is 47.5. The summed E-state index contributed by atoms with van der Waals surface area (Å²) in [6.45, 7) is 0. The summed E-state index contributed by atoms with van der Waals surface area (Å²) in [6, 6.07) is 96.1. The molecular formula is C70H64N2Si2. The van der Waals surface area contributed by atoms with Gasteiger partial charge in [-0.1, -0.05) is 287 Å². The van der Waals surface area contributed by atoms with Crippen LogP contribution in [0.5, 0.6) is 0 Å². The van der Waals surface area contributed by atoms with Gasteiger partial charge in [-0.15, -0.1) is 0 Å². The zero-order valence-corrected chi connectivity index (χ0v) is 44.4. The normalized spacial score (nSPS) is 14.6. The van der Waals surface area contributed by atoms with Gasteiger partial charge >= 0.3 is 0 Å². The monoisotopic (exact) mass is 988 g/mol. The highest BCUT2D eigenvalue weighted by Crippen LogP contribution is 2.44. The van der Waals surface area contributed by atoms with Crippen LogP contribution >= 0.6 is 0 Å². The number of hydrogen-bond donors (Lipinski definition) is 0. The predicted octanol–water partition coefficient (Wildman–Crippen LogP) is 12.3. The van der Waals surface area contributed by atoms with Crippen LogP contribution in [0.2, 0.25) is 0 Å². The van der Waals surface area contributed by atoms with Crippen molar-refractivity contribution < 1.29 is 0 Å². The Morgan fingerprint density at radius 1 is 0.270 bits per heavy atom. The van der Waals surface area contributed by atoms with Crippen LogP contribution in [0.25, 0.3) is 33.9 Å². The predicted molar refractivity (Wildman–Crippen MR) is 317 cm³/mol. The molecule has 0 atom stereocenters. The fraction of sp³-hybridized carbons (Fsp3) is 0.171. The molecule has 1 heterocycles. The molecule has 0 saturated heterocycles. The van der Waals surface area contributed by atoms with Crippen LogP contribution in [0.15, 0.2) is 255 Å². The van der Waals surface area contributed by atoms with Gasteiger partial charge in [-0.05, 0) is 96.2 Å². The second-order valence-corrected chi connectivity index (χ2v) is 28.4. The van der Waals surface area contributed by atoms with E-state index in [1.807, 2.05) is 0 Å². The third kappa shape index (κ3) is 8.94. The van der Waals surface area contributed by atoms with E-state index in [0.717, 1.165) is 28.3 Å². The molecule has 2 aliphatic carbocycles. The van der Waals surface area contributed by atoms with Gasteiger partial charge < -0.3 is 0 Å². The van der Waals surface area contributed by atoms with Crippen molar-refractivity contribution >= 4 is 57.6 Å². The van der Waals surface area contributed by atoms with Crippen LogP contribution in [0, 0.1) is 0 Å². The zero-order chi connectivity index (χ0) is 49.6. The molecular weight excluding hydrogens is 925 g/mol. The van der Waals surface area contributed by atoms with Gasteiger partial charge in [0.25, 0.3) is 0 Å². The maximum atomic E-state index is 5.88. The van der Waals surface area contributed by atoms with Gasteiger partial charge in [0.05, 0.1) is 11.4 Å².